The number of hydrogen-bond donors (Lipinski definition) is 2. The maximum Gasteiger partial charge on any atom is 0.140 e. The smallest absolute Gasteiger partial charge is 0.140 e. The van der Waals surface area contributed by atoms with Crippen molar-refractivity contribution in [1.82, 2.24) is 4.90 Å². The van der Waals surface area contributed by atoms with Gasteiger partial charge in [0.15, 0.2) is 0 Å². The summed E-state index contributed by atoms with van der Waals surface area (Å²) in [5.41, 5.74) is 5.56. The van der Waals surface area contributed by atoms with Crippen molar-refractivity contribution in [3.05, 3.63) is 0 Å². The predicted molar refractivity (Wildman–Crippen MR) is 68.3 cm³/mol. The molecule has 3 N–H and O–H groups in total. The standard InChI is InChI=1S/C12H25N3O2/c1-3-10(8-12(13)14-16)15(2)9-11-6-4-5-7-17-11/h10-11,16H,3-9H2,1-2H3,(H2,13,14). The van der Waals surface area contributed by atoms with E-state index in [0.717, 1.165) is 26.0 Å². The molecule has 1 heterocycles. The van der Waals surface area contributed by atoms with Crippen LogP contribution in [0.4, 0.5) is 0 Å². The van der Waals surface area contributed by atoms with E-state index in [1.54, 1.807) is 0 Å². The highest BCUT2D eigenvalue weighted by Crippen LogP contribution is 2.16. The highest BCUT2D eigenvalue weighted by Gasteiger charge is 2.20. The van der Waals surface area contributed by atoms with Crippen molar-refractivity contribution in [3.63, 3.8) is 0 Å². The number of oxime groups is 1. The number of amidine groups is 1. The number of nitrogens with two attached hydrogens (primary N) is 1. The molecule has 1 aliphatic rings. The maximum absolute atomic E-state index is 8.60. The molecule has 5 heteroatoms. The summed E-state index contributed by atoms with van der Waals surface area (Å²) in [6.45, 7) is 3.93. The van der Waals surface area contributed by atoms with Crippen LogP contribution < -0.4 is 5.73 Å². The van der Waals surface area contributed by atoms with Crippen molar-refractivity contribution in [2.45, 2.75) is 51.2 Å². The minimum absolute atomic E-state index is 0.299. The first-order valence-corrected chi connectivity index (χ1v) is 6.45. The highest BCUT2D eigenvalue weighted by atomic mass is 16.5. The summed E-state index contributed by atoms with van der Waals surface area (Å²) < 4.78 is 5.72. The van der Waals surface area contributed by atoms with E-state index in [2.05, 4.69) is 24.0 Å². The minimum Gasteiger partial charge on any atom is -0.409 e. The van der Waals surface area contributed by atoms with Gasteiger partial charge in [0.25, 0.3) is 0 Å². The Labute approximate surface area is 104 Å². The van der Waals surface area contributed by atoms with E-state index in [4.69, 9.17) is 15.7 Å². The van der Waals surface area contributed by atoms with Gasteiger partial charge in [-0.05, 0) is 32.7 Å². The molecule has 0 radical (unpaired) electrons. The number of ether oxygens (including phenoxy) is 1. The monoisotopic (exact) mass is 243 g/mol. The third-order valence-corrected chi connectivity index (χ3v) is 3.43. The Bertz CT molecular complexity index is 240. The van der Waals surface area contributed by atoms with Crippen LogP contribution in [-0.4, -0.2) is 48.3 Å². The Morgan fingerprint density at radius 1 is 1.59 bits per heavy atom. The van der Waals surface area contributed by atoms with E-state index < -0.39 is 0 Å². The molecule has 2 atom stereocenters. The molecule has 0 aliphatic carbocycles. The second-order valence-electron chi connectivity index (χ2n) is 4.79. The first kappa shape index (κ1) is 14.3. The van der Waals surface area contributed by atoms with Crippen LogP contribution in [0, 0.1) is 0 Å². The Hall–Kier alpha value is -0.810. The third kappa shape index (κ3) is 4.91. The van der Waals surface area contributed by atoms with Crippen molar-refractivity contribution >= 4 is 5.84 Å². The largest absolute Gasteiger partial charge is 0.409 e. The molecule has 2 unspecified atom stereocenters. The molecule has 0 saturated carbocycles. The molecule has 0 spiro atoms. The summed E-state index contributed by atoms with van der Waals surface area (Å²) >= 11 is 0. The fourth-order valence-electron chi connectivity index (χ4n) is 2.32. The Kier molecular flexibility index (Phi) is 6.29. The molecule has 0 bridgehead atoms. The van der Waals surface area contributed by atoms with E-state index in [0.29, 0.717) is 24.4 Å². The van der Waals surface area contributed by atoms with E-state index >= 15 is 0 Å². The van der Waals surface area contributed by atoms with Gasteiger partial charge in [0, 0.05) is 25.6 Å². The van der Waals surface area contributed by atoms with Crippen molar-refractivity contribution in [2.75, 3.05) is 20.2 Å². The quantitative estimate of drug-likeness (QED) is 0.320. The SMILES string of the molecule is CCC(C/C(N)=N/O)N(C)CC1CCCCO1. The zero-order chi connectivity index (χ0) is 12.7. The topological polar surface area (TPSA) is 71.1 Å². The zero-order valence-electron chi connectivity index (χ0n) is 10.9. The molecular weight excluding hydrogens is 218 g/mol. The lowest BCUT2D eigenvalue weighted by Gasteiger charge is -2.32. The second kappa shape index (κ2) is 7.50. The van der Waals surface area contributed by atoms with Crippen LogP contribution in [0.15, 0.2) is 5.16 Å². The summed E-state index contributed by atoms with van der Waals surface area (Å²) in [6, 6.07) is 0.316. The molecule has 0 aromatic carbocycles. The van der Waals surface area contributed by atoms with Gasteiger partial charge >= 0.3 is 0 Å². The van der Waals surface area contributed by atoms with Crippen LogP contribution in [0.3, 0.4) is 0 Å². The molecule has 1 saturated heterocycles. The fraction of sp³-hybridized carbons (Fsp3) is 0.917. The van der Waals surface area contributed by atoms with E-state index in [1.165, 1.54) is 12.8 Å². The highest BCUT2D eigenvalue weighted by molar-refractivity contribution is 5.80. The number of rotatable bonds is 6. The van der Waals surface area contributed by atoms with E-state index in [9.17, 15) is 0 Å². The summed E-state index contributed by atoms with van der Waals surface area (Å²) in [5, 5.41) is 11.6. The number of nitrogens with zero attached hydrogens (tertiary/aromatic N) is 2. The first-order valence-electron chi connectivity index (χ1n) is 6.45. The van der Waals surface area contributed by atoms with Crippen LogP contribution >= 0.6 is 0 Å². The molecule has 1 fully saturated rings. The normalized spacial score (nSPS) is 23.9. The molecule has 0 aromatic heterocycles. The summed E-state index contributed by atoms with van der Waals surface area (Å²) in [4.78, 5) is 2.26. The minimum atomic E-state index is 0.299. The predicted octanol–water partition coefficient (Wildman–Crippen LogP) is 1.40. The first-order chi connectivity index (χ1) is 8.17. The zero-order valence-corrected chi connectivity index (χ0v) is 10.9. The van der Waals surface area contributed by atoms with E-state index in [-0.39, 0.29) is 0 Å². The summed E-state index contributed by atoms with van der Waals surface area (Å²) in [5.74, 6) is 0.299. The van der Waals surface area contributed by atoms with Gasteiger partial charge in [-0.2, -0.15) is 0 Å². The average molecular weight is 243 g/mol. The molecule has 17 heavy (non-hydrogen) atoms. The van der Waals surface area contributed by atoms with Gasteiger partial charge in [0.05, 0.1) is 6.10 Å². The molecule has 1 rings (SSSR count). The van der Waals surface area contributed by atoms with Crippen LogP contribution in [-0.2, 0) is 4.74 Å². The molecule has 0 aromatic rings. The molecular formula is C12H25N3O2. The Morgan fingerprint density at radius 2 is 2.35 bits per heavy atom. The molecule has 100 valence electrons. The fourth-order valence-corrected chi connectivity index (χ4v) is 2.32. The molecule has 5 nitrogen and oxygen atoms in total. The van der Waals surface area contributed by atoms with Crippen molar-refractivity contribution in [2.24, 2.45) is 10.9 Å². The number of hydrogen-bond acceptors (Lipinski definition) is 4. The van der Waals surface area contributed by atoms with Gasteiger partial charge in [-0.25, -0.2) is 0 Å². The van der Waals surface area contributed by atoms with Crippen molar-refractivity contribution in [3.8, 4) is 0 Å². The van der Waals surface area contributed by atoms with Crippen molar-refractivity contribution in [1.29, 1.82) is 0 Å². The van der Waals surface area contributed by atoms with Gasteiger partial charge in [0.1, 0.15) is 5.84 Å². The summed E-state index contributed by atoms with van der Waals surface area (Å²) in [6.07, 6.45) is 5.52. The van der Waals surface area contributed by atoms with Crippen LogP contribution in [0.2, 0.25) is 0 Å². The van der Waals surface area contributed by atoms with Crippen molar-refractivity contribution < 1.29 is 9.94 Å². The van der Waals surface area contributed by atoms with Gasteiger partial charge in [0.2, 0.25) is 0 Å². The molecule has 0 amide bonds. The Balaban J connectivity index is 2.39. The van der Waals surface area contributed by atoms with Gasteiger partial charge in [-0.15, -0.1) is 0 Å². The second-order valence-corrected chi connectivity index (χ2v) is 4.79. The van der Waals surface area contributed by atoms with Crippen LogP contribution in [0.1, 0.15) is 39.0 Å². The van der Waals surface area contributed by atoms with Crippen LogP contribution in [0.5, 0.6) is 0 Å². The maximum atomic E-state index is 8.60. The lowest BCUT2D eigenvalue weighted by atomic mass is 10.1. The number of likely N-dealkylation sites (N-methyl/N-ethyl adjacent to an activating group) is 1. The van der Waals surface area contributed by atoms with Gasteiger partial charge in [-0.3, -0.25) is 0 Å². The average Bonchev–Trinajstić information content (AvgIpc) is 2.36. The van der Waals surface area contributed by atoms with Gasteiger partial charge in [-0.1, -0.05) is 12.1 Å². The third-order valence-electron chi connectivity index (χ3n) is 3.43. The molecule has 1 aliphatic heterocycles. The van der Waals surface area contributed by atoms with Crippen LogP contribution in [0.25, 0.3) is 0 Å². The summed E-state index contributed by atoms with van der Waals surface area (Å²) in [7, 11) is 2.08. The lowest BCUT2D eigenvalue weighted by Crippen LogP contribution is -2.41. The van der Waals surface area contributed by atoms with E-state index in [1.807, 2.05) is 0 Å². The lowest BCUT2D eigenvalue weighted by molar-refractivity contribution is -0.00800. The Morgan fingerprint density at radius 3 is 2.88 bits per heavy atom. The van der Waals surface area contributed by atoms with Gasteiger partial charge < -0.3 is 20.6 Å².